The minimum atomic E-state index is -0.236. The number of nitrogens with zero attached hydrogens (tertiary/aromatic N) is 2. The molecule has 0 atom stereocenters. The van der Waals surface area contributed by atoms with Crippen LogP contribution in [-0.2, 0) is 6.42 Å². The number of carbonyl (C=O) groups is 1. The molecule has 0 spiro atoms. The number of hydrogen-bond acceptors (Lipinski definition) is 4. The molecule has 3 N–H and O–H groups in total. The van der Waals surface area contributed by atoms with E-state index in [4.69, 9.17) is 5.11 Å². The molecule has 1 amide bonds. The number of nitrogens with one attached hydrogen (secondary N) is 2. The molecule has 0 radical (unpaired) electrons. The molecule has 21 heavy (non-hydrogen) atoms. The molecule has 0 saturated carbocycles. The number of hydrogen-bond donors (Lipinski definition) is 3. The molecular formula is C15H16N4O2. The monoisotopic (exact) mass is 284 g/mol. The first-order chi connectivity index (χ1) is 10.2. The average Bonchev–Trinajstić information content (AvgIpc) is 2.98. The van der Waals surface area contributed by atoms with Crippen molar-refractivity contribution in [1.29, 1.82) is 0 Å². The van der Waals surface area contributed by atoms with Crippen molar-refractivity contribution in [3.05, 3.63) is 47.0 Å². The number of carbonyl (C=O) groups excluding carboxylic acids is 1. The lowest BCUT2D eigenvalue weighted by molar-refractivity contribution is 0.0953. The van der Waals surface area contributed by atoms with E-state index in [1.807, 2.05) is 19.1 Å². The van der Waals surface area contributed by atoms with Crippen molar-refractivity contribution in [2.75, 3.05) is 13.2 Å². The molecule has 0 unspecified atom stereocenters. The van der Waals surface area contributed by atoms with Crippen LogP contribution in [0.5, 0.6) is 0 Å². The topological polar surface area (TPSA) is 90.9 Å². The number of aromatic nitrogens is 3. The summed E-state index contributed by atoms with van der Waals surface area (Å²) in [6.07, 6.45) is 2.01. The molecular weight excluding hydrogens is 268 g/mol. The molecule has 0 saturated heterocycles. The summed E-state index contributed by atoms with van der Waals surface area (Å²) in [6.45, 7) is 2.14. The third kappa shape index (κ3) is 4.16. The van der Waals surface area contributed by atoms with Gasteiger partial charge in [0.2, 0.25) is 0 Å². The van der Waals surface area contributed by atoms with Crippen LogP contribution in [0.2, 0.25) is 0 Å². The maximum atomic E-state index is 12.2. The molecule has 2 aromatic rings. The first kappa shape index (κ1) is 14.8. The average molecular weight is 284 g/mol. The number of rotatable bonds is 4. The Morgan fingerprint density at radius 2 is 2.33 bits per heavy atom. The second-order valence-electron chi connectivity index (χ2n) is 4.45. The second kappa shape index (κ2) is 7.22. The third-order valence-corrected chi connectivity index (χ3v) is 2.83. The molecule has 2 rings (SSSR count). The molecule has 108 valence electrons. The molecule has 6 nitrogen and oxygen atoms in total. The normalized spacial score (nSPS) is 9.81. The van der Waals surface area contributed by atoms with E-state index in [1.54, 1.807) is 6.07 Å². The second-order valence-corrected chi connectivity index (χ2v) is 4.45. The van der Waals surface area contributed by atoms with Gasteiger partial charge >= 0.3 is 0 Å². The minimum absolute atomic E-state index is 0.197. The Kier molecular flexibility index (Phi) is 5.07. The van der Waals surface area contributed by atoms with Crippen molar-refractivity contribution in [1.82, 2.24) is 20.5 Å². The summed E-state index contributed by atoms with van der Waals surface area (Å²) in [6, 6.07) is 5.42. The van der Waals surface area contributed by atoms with Gasteiger partial charge in [-0.1, -0.05) is 17.9 Å². The van der Waals surface area contributed by atoms with Crippen LogP contribution < -0.4 is 5.32 Å². The Hall–Kier alpha value is -2.65. The van der Waals surface area contributed by atoms with E-state index in [1.165, 1.54) is 6.33 Å². The lowest BCUT2D eigenvalue weighted by Gasteiger charge is -2.07. The Morgan fingerprint density at radius 3 is 3.05 bits per heavy atom. The van der Waals surface area contributed by atoms with Gasteiger partial charge in [-0.2, -0.15) is 5.10 Å². The van der Waals surface area contributed by atoms with Crippen LogP contribution >= 0.6 is 0 Å². The number of aliphatic hydroxyl groups is 1. The summed E-state index contributed by atoms with van der Waals surface area (Å²) >= 11 is 0. The zero-order chi connectivity index (χ0) is 15.1. The van der Waals surface area contributed by atoms with Crippen molar-refractivity contribution in [3.63, 3.8) is 0 Å². The van der Waals surface area contributed by atoms with Crippen LogP contribution in [0.15, 0.2) is 24.5 Å². The van der Waals surface area contributed by atoms with Gasteiger partial charge in [-0.15, -0.1) is 0 Å². The Balaban J connectivity index is 2.04. The van der Waals surface area contributed by atoms with Crippen LogP contribution in [-0.4, -0.2) is 39.3 Å². The summed E-state index contributed by atoms with van der Waals surface area (Å²) in [4.78, 5) is 16.2. The van der Waals surface area contributed by atoms with E-state index in [0.29, 0.717) is 24.1 Å². The summed E-state index contributed by atoms with van der Waals surface area (Å²) in [5.41, 5.74) is 2.12. The summed E-state index contributed by atoms with van der Waals surface area (Å²) in [5.74, 6) is 5.89. The minimum Gasteiger partial charge on any atom is -0.384 e. The molecule has 0 aliphatic heterocycles. The first-order valence-electron chi connectivity index (χ1n) is 6.53. The quantitative estimate of drug-likeness (QED) is 0.710. The van der Waals surface area contributed by atoms with Gasteiger partial charge < -0.3 is 10.4 Å². The Labute approximate surface area is 122 Å². The molecule has 6 heteroatoms. The van der Waals surface area contributed by atoms with Crippen LogP contribution in [0.1, 0.15) is 27.3 Å². The van der Waals surface area contributed by atoms with Crippen molar-refractivity contribution in [2.24, 2.45) is 0 Å². The van der Waals surface area contributed by atoms with Crippen LogP contribution in [0.25, 0.3) is 0 Å². The van der Waals surface area contributed by atoms with E-state index in [-0.39, 0.29) is 12.5 Å². The van der Waals surface area contributed by atoms with Gasteiger partial charge in [0.05, 0.1) is 5.56 Å². The zero-order valence-electron chi connectivity index (χ0n) is 11.7. The van der Waals surface area contributed by atoms with Gasteiger partial charge in [-0.3, -0.25) is 9.89 Å². The highest BCUT2D eigenvalue weighted by Crippen LogP contribution is 2.10. The highest BCUT2D eigenvalue weighted by molar-refractivity contribution is 5.96. The van der Waals surface area contributed by atoms with Crippen LogP contribution in [0.4, 0.5) is 0 Å². The van der Waals surface area contributed by atoms with E-state index < -0.39 is 0 Å². The summed E-state index contributed by atoms with van der Waals surface area (Å²) in [5, 5.41) is 18.1. The van der Waals surface area contributed by atoms with Gasteiger partial charge in [0.1, 0.15) is 18.8 Å². The van der Waals surface area contributed by atoms with Gasteiger partial charge in [0.25, 0.3) is 5.91 Å². The Bertz CT molecular complexity index is 669. The summed E-state index contributed by atoms with van der Waals surface area (Å²) < 4.78 is 0. The number of H-pyrrole nitrogens is 1. The number of aryl methyl sites for hydroxylation is 1. The lowest BCUT2D eigenvalue weighted by Crippen LogP contribution is -2.26. The maximum Gasteiger partial charge on any atom is 0.252 e. The third-order valence-electron chi connectivity index (χ3n) is 2.83. The smallest absolute Gasteiger partial charge is 0.252 e. The number of benzene rings is 1. The van der Waals surface area contributed by atoms with Crippen molar-refractivity contribution in [2.45, 2.75) is 13.3 Å². The van der Waals surface area contributed by atoms with Crippen LogP contribution in [0.3, 0.4) is 0 Å². The number of amides is 1. The fraction of sp³-hybridized carbons (Fsp3) is 0.267. The first-order valence-corrected chi connectivity index (χ1v) is 6.53. The van der Waals surface area contributed by atoms with E-state index in [2.05, 4.69) is 32.3 Å². The SMILES string of the molecule is Cc1ccc(C(=O)NCCc2ncn[nH]2)c(C#CCO)c1. The van der Waals surface area contributed by atoms with Gasteiger partial charge in [-0.25, -0.2) is 4.98 Å². The molecule has 0 fully saturated rings. The molecule has 0 aliphatic rings. The van der Waals surface area contributed by atoms with Crippen molar-refractivity contribution < 1.29 is 9.90 Å². The standard InChI is InChI=1S/C15H16N4O2/c1-11-4-5-13(12(9-11)3-2-8-20)15(21)16-7-6-14-17-10-18-19-14/h4-5,9-10,20H,6-8H2,1H3,(H,16,21)(H,17,18,19). The lowest BCUT2D eigenvalue weighted by atomic mass is 10.0. The molecule has 0 bridgehead atoms. The molecule has 0 aliphatic carbocycles. The highest BCUT2D eigenvalue weighted by atomic mass is 16.2. The molecule has 1 aromatic heterocycles. The van der Waals surface area contributed by atoms with Gasteiger partial charge in [-0.05, 0) is 24.6 Å². The largest absolute Gasteiger partial charge is 0.384 e. The summed E-state index contributed by atoms with van der Waals surface area (Å²) in [7, 11) is 0. The molecule has 1 aromatic carbocycles. The zero-order valence-corrected chi connectivity index (χ0v) is 11.7. The predicted molar refractivity (Wildman–Crippen MR) is 77.6 cm³/mol. The highest BCUT2D eigenvalue weighted by Gasteiger charge is 2.10. The predicted octanol–water partition coefficient (Wildman–Crippen LogP) is 0.429. The fourth-order valence-corrected chi connectivity index (χ4v) is 1.84. The maximum absolute atomic E-state index is 12.2. The number of aromatic amines is 1. The van der Waals surface area contributed by atoms with Crippen molar-refractivity contribution in [3.8, 4) is 11.8 Å². The van der Waals surface area contributed by atoms with E-state index in [9.17, 15) is 4.79 Å². The Morgan fingerprint density at radius 1 is 1.48 bits per heavy atom. The van der Waals surface area contributed by atoms with E-state index >= 15 is 0 Å². The molecule has 1 heterocycles. The van der Waals surface area contributed by atoms with Crippen LogP contribution in [0, 0.1) is 18.8 Å². The van der Waals surface area contributed by atoms with Gasteiger partial charge in [0.15, 0.2) is 0 Å². The van der Waals surface area contributed by atoms with Gasteiger partial charge in [0, 0.05) is 18.5 Å². The van der Waals surface area contributed by atoms with Crippen molar-refractivity contribution >= 4 is 5.91 Å². The fourth-order valence-electron chi connectivity index (χ4n) is 1.84. The van der Waals surface area contributed by atoms with E-state index in [0.717, 1.165) is 11.4 Å². The number of aliphatic hydroxyl groups excluding tert-OH is 1.